The van der Waals surface area contributed by atoms with E-state index >= 15 is 0 Å². The summed E-state index contributed by atoms with van der Waals surface area (Å²) in [6.45, 7) is 4.12. The number of carbonyl (C=O) groups is 2. The molecule has 0 spiro atoms. The number of hydrogen-bond donors (Lipinski definition) is 2. The van der Waals surface area contributed by atoms with E-state index in [0.717, 1.165) is 45.6 Å². The molecule has 1 atom stereocenters. The van der Waals surface area contributed by atoms with Gasteiger partial charge in [-0.15, -0.1) is 0 Å². The third-order valence-corrected chi connectivity index (χ3v) is 4.95. The van der Waals surface area contributed by atoms with E-state index in [1.165, 1.54) is 18.2 Å². The predicted octanol–water partition coefficient (Wildman–Crippen LogP) is 1.38. The lowest BCUT2D eigenvalue weighted by Crippen LogP contribution is -2.45. The number of carbonyl (C=O) groups excluding carboxylic acids is 2. The Morgan fingerprint density at radius 3 is 2.60 bits per heavy atom. The minimum atomic E-state index is -0.842. The zero-order valence-corrected chi connectivity index (χ0v) is 14.2. The number of amides is 2. The van der Waals surface area contributed by atoms with Crippen LogP contribution in [0.5, 0.6) is 0 Å². The molecule has 7 heteroatoms. The highest BCUT2D eigenvalue weighted by atomic mass is 19.1. The predicted molar refractivity (Wildman–Crippen MR) is 91.6 cm³/mol. The number of ether oxygens (including phenoxy) is 1. The molecule has 25 heavy (non-hydrogen) atoms. The summed E-state index contributed by atoms with van der Waals surface area (Å²) in [4.78, 5) is 26.2. The van der Waals surface area contributed by atoms with Crippen molar-refractivity contribution in [2.75, 3.05) is 38.2 Å². The van der Waals surface area contributed by atoms with Gasteiger partial charge in [-0.05, 0) is 50.4 Å². The molecule has 2 aliphatic heterocycles. The Labute approximate surface area is 146 Å². The van der Waals surface area contributed by atoms with Crippen LogP contribution in [-0.4, -0.2) is 55.6 Å². The second kappa shape index (κ2) is 8.40. The molecule has 3 rings (SSSR count). The maximum absolute atomic E-state index is 13.5. The third kappa shape index (κ3) is 4.76. The first-order valence-corrected chi connectivity index (χ1v) is 8.79. The van der Waals surface area contributed by atoms with E-state index in [-0.39, 0.29) is 5.69 Å². The molecule has 2 saturated heterocycles. The molecular formula is C18H24FN3O3. The van der Waals surface area contributed by atoms with Crippen molar-refractivity contribution in [2.45, 2.75) is 25.3 Å². The quantitative estimate of drug-likeness (QED) is 0.806. The van der Waals surface area contributed by atoms with E-state index in [2.05, 4.69) is 15.5 Å². The molecule has 0 radical (unpaired) electrons. The molecule has 1 aromatic carbocycles. The number of hydrogen-bond acceptors (Lipinski definition) is 4. The lowest BCUT2D eigenvalue weighted by atomic mass is 9.95. The fourth-order valence-electron chi connectivity index (χ4n) is 3.39. The smallest absolute Gasteiger partial charge is 0.313 e. The monoisotopic (exact) mass is 349 g/mol. The summed E-state index contributed by atoms with van der Waals surface area (Å²) in [6, 6.07) is 6.30. The summed E-state index contributed by atoms with van der Waals surface area (Å²) in [6.07, 6.45) is 3.08. The van der Waals surface area contributed by atoms with Crippen LogP contribution in [0.15, 0.2) is 24.3 Å². The van der Waals surface area contributed by atoms with Crippen LogP contribution in [0.25, 0.3) is 0 Å². The molecule has 1 aromatic rings. The molecule has 0 saturated carbocycles. The van der Waals surface area contributed by atoms with Crippen molar-refractivity contribution in [3.8, 4) is 0 Å². The summed E-state index contributed by atoms with van der Waals surface area (Å²) >= 11 is 0. The highest BCUT2D eigenvalue weighted by molar-refractivity contribution is 6.39. The Bertz CT molecular complexity index is 611. The van der Waals surface area contributed by atoms with E-state index in [4.69, 9.17) is 4.74 Å². The largest absolute Gasteiger partial charge is 0.380 e. The molecule has 136 valence electrons. The summed E-state index contributed by atoms with van der Waals surface area (Å²) in [5.74, 6) is -1.77. The fraction of sp³-hybridized carbons (Fsp3) is 0.556. The van der Waals surface area contributed by atoms with Gasteiger partial charge in [0.2, 0.25) is 0 Å². The lowest BCUT2D eigenvalue weighted by Gasteiger charge is -2.35. The second-order valence-electron chi connectivity index (χ2n) is 6.64. The van der Waals surface area contributed by atoms with Crippen LogP contribution in [0, 0.1) is 11.7 Å². The van der Waals surface area contributed by atoms with Crippen LogP contribution in [0.1, 0.15) is 19.3 Å². The summed E-state index contributed by atoms with van der Waals surface area (Å²) in [7, 11) is 0. The van der Waals surface area contributed by atoms with E-state index in [1.807, 2.05) is 0 Å². The van der Waals surface area contributed by atoms with Gasteiger partial charge in [0.05, 0.1) is 12.3 Å². The fourth-order valence-corrected chi connectivity index (χ4v) is 3.39. The zero-order chi connectivity index (χ0) is 17.6. The van der Waals surface area contributed by atoms with Crippen LogP contribution >= 0.6 is 0 Å². The normalized spacial score (nSPS) is 21.9. The number of nitrogens with zero attached hydrogens (tertiary/aromatic N) is 1. The number of anilines is 1. The van der Waals surface area contributed by atoms with Crippen LogP contribution < -0.4 is 10.6 Å². The van der Waals surface area contributed by atoms with E-state index in [1.54, 1.807) is 6.07 Å². The molecule has 0 unspecified atom stereocenters. The third-order valence-electron chi connectivity index (χ3n) is 4.95. The first-order valence-electron chi connectivity index (χ1n) is 8.79. The van der Waals surface area contributed by atoms with Gasteiger partial charge in [0.25, 0.3) is 0 Å². The van der Waals surface area contributed by atoms with Crippen molar-refractivity contribution in [3.63, 3.8) is 0 Å². The van der Waals surface area contributed by atoms with Crippen molar-refractivity contribution < 1.29 is 18.7 Å². The number of benzene rings is 1. The number of rotatable bonds is 4. The SMILES string of the molecule is O=C(NCC1CCN([C@@H]2CCOC2)CC1)C(=O)Nc1ccccc1F. The van der Waals surface area contributed by atoms with Crippen molar-refractivity contribution >= 4 is 17.5 Å². The number of para-hydroxylation sites is 1. The number of likely N-dealkylation sites (tertiary alicyclic amines) is 1. The molecule has 0 bridgehead atoms. The highest BCUT2D eigenvalue weighted by Crippen LogP contribution is 2.22. The Morgan fingerprint density at radius 1 is 1.16 bits per heavy atom. The second-order valence-corrected chi connectivity index (χ2v) is 6.64. The Morgan fingerprint density at radius 2 is 1.92 bits per heavy atom. The molecule has 2 fully saturated rings. The van der Waals surface area contributed by atoms with Crippen LogP contribution in [0.3, 0.4) is 0 Å². The van der Waals surface area contributed by atoms with Crippen LogP contribution in [0.4, 0.5) is 10.1 Å². The molecule has 2 aliphatic rings. The molecule has 0 aliphatic carbocycles. The Hall–Kier alpha value is -1.99. The average molecular weight is 349 g/mol. The van der Waals surface area contributed by atoms with Crippen LogP contribution in [0.2, 0.25) is 0 Å². The van der Waals surface area contributed by atoms with Crippen molar-refractivity contribution in [3.05, 3.63) is 30.1 Å². The lowest BCUT2D eigenvalue weighted by molar-refractivity contribution is -0.136. The molecule has 6 nitrogen and oxygen atoms in total. The van der Waals surface area contributed by atoms with E-state index in [9.17, 15) is 14.0 Å². The maximum atomic E-state index is 13.5. The van der Waals surface area contributed by atoms with Gasteiger partial charge in [-0.1, -0.05) is 12.1 Å². The highest BCUT2D eigenvalue weighted by Gasteiger charge is 2.28. The Balaban J connectivity index is 1.39. The average Bonchev–Trinajstić information content (AvgIpc) is 3.16. The topological polar surface area (TPSA) is 70.7 Å². The zero-order valence-electron chi connectivity index (χ0n) is 14.2. The number of piperidine rings is 1. The molecule has 2 amide bonds. The summed E-state index contributed by atoms with van der Waals surface area (Å²) in [5.41, 5.74) is 0.00902. The van der Waals surface area contributed by atoms with Gasteiger partial charge in [0.1, 0.15) is 5.82 Å². The first-order chi connectivity index (χ1) is 12.1. The number of nitrogens with one attached hydrogen (secondary N) is 2. The van der Waals surface area contributed by atoms with Gasteiger partial charge in [0.15, 0.2) is 0 Å². The molecule has 2 N–H and O–H groups in total. The van der Waals surface area contributed by atoms with E-state index < -0.39 is 17.6 Å². The van der Waals surface area contributed by atoms with Crippen LogP contribution in [-0.2, 0) is 14.3 Å². The Kier molecular flexibility index (Phi) is 5.99. The number of halogens is 1. The van der Waals surface area contributed by atoms with Crippen molar-refractivity contribution in [1.29, 1.82) is 0 Å². The van der Waals surface area contributed by atoms with Gasteiger partial charge in [-0.2, -0.15) is 0 Å². The summed E-state index contributed by atoms with van der Waals surface area (Å²) in [5, 5.41) is 4.95. The molecular weight excluding hydrogens is 325 g/mol. The van der Waals surface area contributed by atoms with Gasteiger partial charge in [0, 0.05) is 19.2 Å². The van der Waals surface area contributed by atoms with Gasteiger partial charge in [-0.3, -0.25) is 14.5 Å². The van der Waals surface area contributed by atoms with Crippen molar-refractivity contribution in [2.24, 2.45) is 5.92 Å². The maximum Gasteiger partial charge on any atom is 0.313 e. The molecule has 0 aromatic heterocycles. The minimum absolute atomic E-state index is 0.00902. The molecule has 2 heterocycles. The van der Waals surface area contributed by atoms with E-state index in [0.29, 0.717) is 18.5 Å². The van der Waals surface area contributed by atoms with Gasteiger partial charge in [-0.25, -0.2) is 4.39 Å². The van der Waals surface area contributed by atoms with Crippen molar-refractivity contribution in [1.82, 2.24) is 10.2 Å². The van der Waals surface area contributed by atoms with Gasteiger partial charge < -0.3 is 15.4 Å². The van der Waals surface area contributed by atoms with Gasteiger partial charge >= 0.3 is 11.8 Å². The first kappa shape index (κ1) is 17.8. The summed E-state index contributed by atoms with van der Waals surface area (Å²) < 4.78 is 18.9. The standard InChI is InChI=1S/C18H24FN3O3/c19-15-3-1-2-4-16(15)21-18(24)17(23)20-11-13-5-8-22(9-6-13)14-7-10-25-12-14/h1-4,13-14H,5-12H2,(H,20,23)(H,21,24)/t14-/m1/s1. The minimum Gasteiger partial charge on any atom is -0.380 e.